The molecule has 0 radical (unpaired) electrons. The van der Waals surface area contributed by atoms with Gasteiger partial charge in [0, 0.05) is 0 Å². The van der Waals surface area contributed by atoms with Crippen LogP contribution in [0.3, 0.4) is 0 Å². The van der Waals surface area contributed by atoms with Crippen molar-refractivity contribution in [2.24, 2.45) is 0 Å². The number of thioether (sulfide) groups is 1. The summed E-state index contributed by atoms with van der Waals surface area (Å²) in [5.41, 5.74) is 0. The van der Waals surface area contributed by atoms with Crippen LogP contribution in [0.25, 0.3) is 0 Å². The second kappa shape index (κ2) is 3.96. The molecule has 1 heterocycles. The Hall–Kier alpha value is 1.05. The van der Waals surface area contributed by atoms with Crippen molar-refractivity contribution in [1.29, 1.82) is 0 Å². The summed E-state index contributed by atoms with van der Waals surface area (Å²) in [5.74, 6) is 0. The molecular weight excluding hydrogens is 156 g/mol. The molecule has 0 aromatic carbocycles. The van der Waals surface area contributed by atoms with E-state index in [4.69, 9.17) is 0 Å². The maximum atomic E-state index is 2.25. The Kier molecular flexibility index (Phi) is 3.55. The number of hydrogen-bond acceptors (Lipinski definition) is 3. The lowest BCUT2D eigenvalue weighted by Crippen LogP contribution is -1.87. The molecule has 0 aliphatic carbocycles. The second-order valence-corrected chi connectivity index (χ2v) is 6.14. The van der Waals surface area contributed by atoms with Gasteiger partial charge in [0.2, 0.25) is 0 Å². The third-order valence-electron chi connectivity index (χ3n) is 1.00. The highest BCUT2D eigenvalue weighted by Crippen LogP contribution is 2.46. The van der Waals surface area contributed by atoms with E-state index in [2.05, 4.69) is 18.7 Å². The molecule has 0 aromatic rings. The van der Waals surface area contributed by atoms with E-state index in [1.165, 1.54) is 17.9 Å². The standard InChI is InChI=1S/C5H10S3/c1-2-3-5-6-4-7-8-5/h5H,2-4H2,1H3. The fraction of sp³-hybridized carbons (Fsp3) is 1.00. The zero-order chi connectivity index (χ0) is 5.82. The Morgan fingerprint density at radius 2 is 2.50 bits per heavy atom. The van der Waals surface area contributed by atoms with Crippen LogP contribution >= 0.6 is 33.3 Å². The second-order valence-electron chi connectivity index (χ2n) is 1.72. The first-order valence-electron chi connectivity index (χ1n) is 2.83. The molecule has 1 rings (SSSR count). The van der Waals surface area contributed by atoms with E-state index in [9.17, 15) is 0 Å². The maximum Gasteiger partial charge on any atom is 0.0614 e. The number of rotatable bonds is 2. The lowest BCUT2D eigenvalue weighted by atomic mass is 10.4. The summed E-state index contributed by atoms with van der Waals surface area (Å²) in [6, 6.07) is 0. The van der Waals surface area contributed by atoms with Gasteiger partial charge in [-0.15, -0.1) is 11.8 Å². The lowest BCUT2D eigenvalue weighted by molar-refractivity contribution is 0.874. The molecule has 48 valence electrons. The van der Waals surface area contributed by atoms with E-state index in [1.54, 1.807) is 0 Å². The van der Waals surface area contributed by atoms with Crippen LogP contribution in [0.4, 0.5) is 0 Å². The summed E-state index contributed by atoms with van der Waals surface area (Å²) in [4.78, 5) is 0. The van der Waals surface area contributed by atoms with Gasteiger partial charge in [0.25, 0.3) is 0 Å². The fourth-order valence-electron chi connectivity index (χ4n) is 0.602. The van der Waals surface area contributed by atoms with Crippen molar-refractivity contribution in [3.05, 3.63) is 0 Å². The summed E-state index contributed by atoms with van der Waals surface area (Å²) >= 11 is 2.09. The average Bonchev–Trinajstić information content (AvgIpc) is 2.19. The highest BCUT2D eigenvalue weighted by molar-refractivity contribution is 8.82. The first kappa shape index (κ1) is 7.16. The quantitative estimate of drug-likeness (QED) is 0.578. The minimum Gasteiger partial charge on any atom is -0.135 e. The van der Waals surface area contributed by atoms with E-state index in [0.717, 1.165) is 4.58 Å². The van der Waals surface area contributed by atoms with Gasteiger partial charge in [-0.3, -0.25) is 0 Å². The van der Waals surface area contributed by atoms with Gasteiger partial charge in [0.1, 0.15) is 0 Å². The van der Waals surface area contributed by atoms with E-state index < -0.39 is 0 Å². The lowest BCUT2D eigenvalue weighted by Gasteiger charge is -2.00. The molecule has 0 spiro atoms. The van der Waals surface area contributed by atoms with E-state index >= 15 is 0 Å². The Morgan fingerprint density at radius 3 is 3.00 bits per heavy atom. The largest absolute Gasteiger partial charge is 0.135 e. The molecule has 0 N–H and O–H groups in total. The van der Waals surface area contributed by atoms with Crippen LogP contribution in [-0.2, 0) is 0 Å². The number of hydrogen-bond donors (Lipinski definition) is 0. The highest BCUT2D eigenvalue weighted by Gasteiger charge is 2.14. The van der Waals surface area contributed by atoms with Gasteiger partial charge in [0.15, 0.2) is 0 Å². The van der Waals surface area contributed by atoms with Crippen molar-refractivity contribution in [2.45, 2.75) is 24.3 Å². The molecule has 1 aliphatic heterocycles. The van der Waals surface area contributed by atoms with Crippen LogP contribution in [-0.4, -0.2) is 9.67 Å². The molecule has 1 unspecified atom stereocenters. The van der Waals surface area contributed by atoms with Crippen molar-refractivity contribution in [2.75, 3.05) is 5.08 Å². The van der Waals surface area contributed by atoms with E-state index in [0.29, 0.717) is 0 Å². The molecule has 3 heteroatoms. The molecule has 1 aliphatic rings. The van der Waals surface area contributed by atoms with Crippen molar-refractivity contribution < 1.29 is 0 Å². The van der Waals surface area contributed by atoms with E-state index in [1.807, 2.05) is 21.6 Å². The molecular formula is C5H10S3. The van der Waals surface area contributed by atoms with E-state index in [-0.39, 0.29) is 0 Å². The van der Waals surface area contributed by atoms with Gasteiger partial charge in [-0.1, -0.05) is 34.9 Å². The summed E-state index contributed by atoms with van der Waals surface area (Å²) in [6.45, 7) is 2.25. The van der Waals surface area contributed by atoms with Crippen molar-refractivity contribution in [3.8, 4) is 0 Å². The molecule has 1 atom stereocenters. The molecule has 0 bridgehead atoms. The predicted molar refractivity (Wildman–Crippen MR) is 46.3 cm³/mol. The van der Waals surface area contributed by atoms with Crippen LogP contribution in [0.1, 0.15) is 19.8 Å². The minimum absolute atomic E-state index is 0.907. The molecule has 0 nitrogen and oxygen atoms in total. The zero-order valence-corrected chi connectivity index (χ0v) is 7.37. The van der Waals surface area contributed by atoms with Gasteiger partial charge >= 0.3 is 0 Å². The predicted octanol–water partition coefficient (Wildman–Crippen LogP) is 3.20. The topological polar surface area (TPSA) is 0 Å². The van der Waals surface area contributed by atoms with Crippen molar-refractivity contribution >= 4 is 33.3 Å². The van der Waals surface area contributed by atoms with Gasteiger partial charge in [-0.05, 0) is 6.42 Å². The van der Waals surface area contributed by atoms with Crippen molar-refractivity contribution in [1.82, 2.24) is 0 Å². The Balaban J connectivity index is 2.06. The smallest absolute Gasteiger partial charge is 0.0614 e. The van der Waals surface area contributed by atoms with Gasteiger partial charge < -0.3 is 0 Å². The molecule has 0 aromatic heterocycles. The van der Waals surface area contributed by atoms with Crippen LogP contribution in [0, 0.1) is 0 Å². The van der Waals surface area contributed by atoms with Gasteiger partial charge in [0.05, 0.1) is 9.67 Å². The summed E-state index contributed by atoms with van der Waals surface area (Å²) in [6.07, 6.45) is 2.73. The molecule has 8 heavy (non-hydrogen) atoms. The van der Waals surface area contributed by atoms with Crippen LogP contribution in [0.15, 0.2) is 0 Å². The molecule has 1 fully saturated rings. The van der Waals surface area contributed by atoms with Gasteiger partial charge in [-0.2, -0.15) is 0 Å². The normalized spacial score (nSPS) is 28.9. The SMILES string of the molecule is CCCC1SCSS1. The maximum absolute atomic E-state index is 2.25. The Labute approximate surface area is 63.0 Å². The molecule has 0 saturated carbocycles. The first-order chi connectivity index (χ1) is 3.93. The third kappa shape index (κ3) is 2.11. The van der Waals surface area contributed by atoms with Crippen LogP contribution in [0.5, 0.6) is 0 Å². The summed E-state index contributed by atoms with van der Waals surface area (Å²) in [7, 11) is 4.05. The first-order valence-corrected chi connectivity index (χ1v) is 6.26. The van der Waals surface area contributed by atoms with Gasteiger partial charge in [-0.25, -0.2) is 0 Å². The zero-order valence-electron chi connectivity index (χ0n) is 4.92. The summed E-state index contributed by atoms with van der Waals surface area (Å²) < 4.78 is 0.907. The molecule has 1 saturated heterocycles. The Morgan fingerprint density at radius 1 is 1.62 bits per heavy atom. The highest BCUT2D eigenvalue weighted by atomic mass is 33.1. The summed E-state index contributed by atoms with van der Waals surface area (Å²) in [5, 5.41) is 1.30. The fourth-order valence-corrected chi connectivity index (χ4v) is 6.01. The monoisotopic (exact) mass is 166 g/mol. The third-order valence-corrected chi connectivity index (χ3v) is 6.16. The average molecular weight is 166 g/mol. The van der Waals surface area contributed by atoms with Crippen LogP contribution < -0.4 is 0 Å². The Bertz CT molecular complexity index is 58.7. The molecule has 0 amide bonds. The minimum atomic E-state index is 0.907. The van der Waals surface area contributed by atoms with Crippen LogP contribution in [0.2, 0.25) is 0 Å². The van der Waals surface area contributed by atoms with Crippen molar-refractivity contribution in [3.63, 3.8) is 0 Å².